The second kappa shape index (κ2) is 6.89. The van der Waals surface area contributed by atoms with Gasteiger partial charge in [-0.1, -0.05) is 49.4 Å². The quantitative estimate of drug-likeness (QED) is 0.756. The highest BCUT2D eigenvalue weighted by atomic mass is 32.1. The van der Waals surface area contributed by atoms with Gasteiger partial charge < -0.3 is 10.4 Å². The third-order valence-corrected chi connectivity index (χ3v) is 4.95. The number of aliphatic hydroxyl groups is 1. The fraction of sp³-hybridized carbons (Fsp3) is 0.222. The highest BCUT2D eigenvalue weighted by Crippen LogP contribution is 2.27. The highest BCUT2D eigenvalue weighted by molar-refractivity contribution is 7.18. The first-order valence-electron chi connectivity index (χ1n) is 7.51. The molecular weight excluding hydrogens is 308 g/mol. The Morgan fingerprint density at radius 3 is 2.61 bits per heavy atom. The Labute approximate surface area is 138 Å². The second-order valence-corrected chi connectivity index (χ2v) is 6.54. The lowest BCUT2D eigenvalue weighted by atomic mass is 10.1. The van der Waals surface area contributed by atoms with Gasteiger partial charge in [0.05, 0.1) is 15.2 Å². The molecule has 0 spiro atoms. The molecule has 5 heteroatoms. The second-order valence-electron chi connectivity index (χ2n) is 5.48. The third kappa shape index (κ3) is 3.57. The van der Waals surface area contributed by atoms with Crippen LogP contribution in [-0.2, 0) is 4.79 Å². The van der Waals surface area contributed by atoms with Gasteiger partial charge in [-0.3, -0.25) is 4.79 Å². The van der Waals surface area contributed by atoms with Gasteiger partial charge in [0, 0.05) is 12.5 Å². The molecule has 0 fully saturated rings. The summed E-state index contributed by atoms with van der Waals surface area (Å²) in [7, 11) is 0. The number of carbonyl (C=O) groups is 1. The number of benzene rings is 2. The zero-order valence-corrected chi connectivity index (χ0v) is 13.6. The molecule has 2 aromatic carbocycles. The van der Waals surface area contributed by atoms with Gasteiger partial charge in [-0.15, -0.1) is 11.3 Å². The largest absolute Gasteiger partial charge is 0.378 e. The number of nitrogens with zero attached hydrogens (tertiary/aromatic N) is 1. The minimum absolute atomic E-state index is 0.0966. The Morgan fingerprint density at radius 2 is 1.87 bits per heavy atom. The number of hydrogen-bond acceptors (Lipinski definition) is 4. The van der Waals surface area contributed by atoms with Crippen molar-refractivity contribution in [2.75, 3.05) is 6.54 Å². The zero-order valence-electron chi connectivity index (χ0n) is 12.8. The molecule has 0 bridgehead atoms. The fourth-order valence-corrected chi connectivity index (χ4v) is 3.34. The summed E-state index contributed by atoms with van der Waals surface area (Å²) in [5.41, 5.74) is 1.58. The van der Waals surface area contributed by atoms with Crippen LogP contribution >= 0.6 is 11.3 Å². The molecule has 2 N–H and O–H groups in total. The van der Waals surface area contributed by atoms with Gasteiger partial charge in [-0.25, -0.2) is 4.98 Å². The van der Waals surface area contributed by atoms with E-state index in [-0.39, 0.29) is 11.8 Å². The maximum absolute atomic E-state index is 12.1. The number of nitrogens with one attached hydrogen (secondary N) is 1. The molecule has 2 atom stereocenters. The van der Waals surface area contributed by atoms with Crippen LogP contribution in [0, 0.1) is 0 Å². The summed E-state index contributed by atoms with van der Waals surface area (Å²) in [4.78, 5) is 16.7. The number of carbonyl (C=O) groups excluding carboxylic acids is 1. The molecule has 3 rings (SSSR count). The molecule has 0 unspecified atom stereocenters. The molecule has 0 radical (unpaired) electrons. The van der Waals surface area contributed by atoms with Crippen LogP contribution in [0.2, 0.25) is 0 Å². The number of fused-ring (bicyclic) bond motifs is 1. The van der Waals surface area contributed by atoms with Crippen molar-refractivity contribution in [1.29, 1.82) is 0 Å². The van der Waals surface area contributed by atoms with Crippen molar-refractivity contribution in [3.63, 3.8) is 0 Å². The third-order valence-electron chi connectivity index (χ3n) is 3.68. The molecule has 1 heterocycles. The molecule has 0 aliphatic carbocycles. The first-order chi connectivity index (χ1) is 11.1. The Balaban J connectivity index is 1.62. The molecule has 0 saturated carbocycles. The van der Waals surface area contributed by atoms with Gasteiger partial charge in [0.25, 0.3) is 5.91 Å². The van der Waals surface area contributed by atoms with Crippen molar-refractivity contribution in [1.82, 2.24) is 10.3 Å². The van der Waals surface area contributed by atoms with Crippen molar-refractivity contribution >= 4 is 27.5 Å². The Bertz CT molecular complexity index is 768. The minimum atomic E-state index is -1.14. The molecule has 3 aromatic rings. The van der Waals surface area contributed by atoms with Crippen LogP contribution in [0.15, 0.2) is 54.6 Å². The lowest BCUT2D eigenvalue weighted by molar-refractivity contribution is -0.129. The summed E-state index contributed by atoms with van der Waals surface area (Å²) in [6.07, 6.45) is -1.14. The predicted octanol–water partition coefficient (Wildman–Crippen LogP) is 3.25. The van der Waals surface area contributed by atoms with Crippen LogP contribution in [0.5, 0.6) is 0 Å². The number of aromatic nitrogens is 1. The number of para-hydroxylation sites is 1. The first kappa shape index (κ1) is 15.6. The van der Waals surface area contributed by atoms with Gasteiger partial charge in [-0.05, 0) is 17.7 Å². The summed E-state index contributed by atoms with van der Waals surface area (Å²) in [6, 6.07) is 16.9. The van der Waals surface area contributed by atoms with Crippen molar-refractivity contribution in [3.05, 3.63) is 65.2 Å². The summed E-state index contributed by atoms with van der Waals surface area (Å²) >= 11 is 1.64. The first-order valence-corrected chi connectivity index (χ1v) is 8.33. The molecule has 23 heavy (non-hydrogen) atoms. The average Bonchev–Trinajstić information content (AvgIpc) is 3.03. The fourth-order valence-electron chi connectivity index (χ4n) is 2.33. The molecule has 0 saturated heterocycles. The topological polar surface area (TPSA) is 62.2 Å². The molecule has 0 aliphatic heterocycles. The van der Waals surface area contributed by atoms with E-state index < -0.39 is 6.10 Å². The lowest BCUT2D eigenvalue weighted by Crippen LogP contribution is -2.32. The van der Waals surface area contributed by atoms with Crippen LogP contribution < -0.4 is 5.32 Å². The molecule has 118 valence electrons. The lowest BCUT2D eigenvalue weighted by Gasteiger charge is -2.14. The van der Waals surface area contributed by atoms with E-state index in [9.17, 15) is 9.90 Å². The van der Waals surface area contributed by atoms with Crippen molar-refractivity contribution < 1.29 is 9.90 Å². The maximum atomic E-state index is 12.1. The number of amides is 1. The maximum Gasteiger partial charge on any atom is 0.253 e. The van der Waals surface area contributed by atoms with Gasteiger partial charge in [0.2, 0.25) is 0 Å². The van der Waals surface area contributed by atoms with Crippen LogP contribution in [0.4, 0.5) is 0 Å². The molecule has 4 nitrogen and oxygen atoms in total. The number of hydrogen-bond donors (Lipinski definition) is 2. The van der Waals surface area contributed by atoms with Crippen molar-refractivity contribution in [2.24, 2.45) is 0 Å². The molecular formula is C18H18N2O2S. The van der Waals surface area contributed by atoms with E-state index in [2.05, 4.69) is 10.3 Å². The molecule has 1 amide bonds. The average molecular weight is 326 g/mol. The zero-order chi connectivity index (χ0) is 16.2. The number of rotatable bonds is 5. The van der Waals surface area contributed by atoms with E-state index in [1.54, 1.807) is 35.6 Å². The summed E-state index contributed by atoms with van der Waals surface area (Å²) in [6.45, 7) is 2.47. The van der Waals surface area contributed by atoms with Crippen LogP contribution in [0.1, 0.15) is 29.5 Å². The molecule has 0 aliphatic rings. The van der Waals surface area contributed by atoms with Gasteiger partial charge in [0.1, 0.15) is 0 Å². The van der Waals surface area contributed by atoms with E-state index in [0.717, 1.165) is 15.2 Å². The van der Waals surface area contributed by atoms with E-state index in [1.165, 1.54) is 0 Å². The summed E-state index contributed by atoms with van der Waals surface area (Å²) in [5, 5.41) is 13.8. The minimum Gasteiger partial charge on any atom is -0.378 e. The van der Waals surface area contributed by atoms with E-state index in [1.807, 2.05) is 37.3 Å². The van der Waals surface area contributed by atoms with Crippen LogP contribution in [-0.4, -0.2) is 22.5 Å². The Hall–Kier alpha value is -2.24. The predicted molar refractivity (Wildman–Crippen MR) is 92.4 cm³/mol. The summed E-state index contributed by atoms with van der Waals surface area (Å²) < 4.78 is 1.14. The normalized spacial score (nSPS) is 13.7. The van der Waals surface area contributed by atoms with Crippen LogP contribution in [0.25, 0.3) is 10.2 Å². The molecule has 1 aromatic heterocycles. The highest BCUT2D eigenvalue weighted by Gasteiger charge is 2.18. The smallest absolute Gasteiger partial charge is 0.253 e. The Morgan fingerprint density at radius 1 is 1.17 bits per heavy atom. The van der Waals surface area contributed by atoms with E-state index in [4.69, 9.17) is 0 Å². The van der Waals surface area contributed by atoms with Crippen molar-refractivity contribution in [3.8, 4) is 0 Å². The summed E-state index contributed by atoms with van der Waals surface area (Å²) in [5.74, 6) is -0.288. The van der Waals surface area contributed by atoms with E-state index >= 15 is 0 Å². The van der Waals surface area contributed by atoms with Gasteiger partial charge >= 0.3 is 0 Å². The number of aliphatic hydroxyl groups excluding tert-OH is 1. The number of thiazole rings is 1. The standard InChI is InChI=1S/C18H18N2O2S/c1-12(18-20-14-9-5-6-10-15(14)23-18)11-19-17(22)16(21)13-7-3-2-4-8-13/h2-10,12,16,21H,11H2,1H3,(H,19,22)/t12-,16+/m0/s1. The van der Waals surface area contributed by atoms with Gasteiger partial charge in [0.15, 0.2) is 6.10 Å². The van der Waals surface area contributed by atoms with E-state index in [0.29, 0.717) is 12.1 Å². The van der Waals surface area contributed by atoms with Crippen molar-refractivity contribution in [2.45, 2.75) is 18.9 Å². The van der Waals surface area contributed by atoms with Gasteiger partial charge in [-0.2, -0.15) is 0 Å². The SMILES string of the molecule is C[C@@H](CNC(=O)[C@H](O)c1ccccc1)c1nc2ccccc2s1. The monoisotopic (exact) mass is 326 g/mol. The van der Waals surface area contributed by atoms with Crippen LogP contribution in [0.3, 0.4) is 0 Å². The Kier molecular flexibility index (Phi) is 4.69.